The van der Waals surface area contributed by atoms with Gasteiger partial charge < -0.3 is 10.6 Å². The van der Waals surface area contributed by atoms with E-state index in [9.17, 15) is 9.59 Å². The molecule has 27 heavy (non-hydrogen) atoms. The average molecular weight is 399 g/mol. The number of hydrogen-bond acceptors (Lipinski definition) is 2. The normalized spacial score (nSPS) is 10.3. The van der Waals surface area contributed by atoms with E-state index in [0.717, 1.165) is 5.56 Å². The molecule has 3 rings (SSSR count). The van der Waals surface area contributed by atoms with Gasteiger partial charge in [0.25, 0.3) is 11.8 Å². The van der Waals surface area contributed by atoms with E-state index in [-0.39, 0.29) is 11.8 Å². The molecule has 0 aromatic heterocycles. The first-order valence-corrected chi connectivity index (χ1v) is 8.96. The van der Waals surface area contributed by atoms with Crippen molar-refractivity contribution in [1.82, 2.24) is 5.32 Å². The van der Waals surface area contributed by atoms with Crippen molar-refractivity contribution in [3.8, 4) is 0 Å². The number of carbonyl (C=O) groups is 2. The zero-order valence-electron chi connectivity index (χ0n) is 14.2. The monoisotopic (exact) mass is 398 g/mol. The van der Waals surface area contributed by atoms with Crippen LogP contribution in [-0.2, 0) is 6.54 Å². The van der Waals surface area contributed by atoms with E-state index in [0.29, 0.717) is 33.4 Å². The van der Waals surface area contributed by atoms with Gasteiger partial charge in [0.2, 0.25) is 0 Å². The van der Waals surface area contributed by atoms with Gasteiger partial charge in [-0.3, -0.25) is 9.59 Å². The molecule has 0 saturated carbocycles. The minimum atomic E-state index is -0.360. The molecule has 3 aromatic rings. The summed E-state index contributed by atoms with van der Waals surface area (Å²) in [7, 11) is 0. The van der Waals surface area contributed by atoms with Crippen molar-refractivity contribution in [2.24, 2.45) is 0 Å². The maximum atomic E-state index is 12.4. The molecule has 6 heteroatoms. The van der Waals surface area contributed by atoms with E-state index in [4.69, 9.17) is 23.2 Å². The predicted octanol–water partition coefficient (Wildman–Crippen LogP) is 5.18. The van der Waals surface area contributed by atoms with Crippen LogP contribution in [-0.4, -0.2) is 11.8 Å². The van der Waals surface area contributed by atoms with Crippen molar-refractivity contribution in [2.75, 3.05) is 5.32 Å². The van der Waals surface area contributed by atoms with Gasteiger partial charge >= 0.3 is 0 Å². The van der Waals surface area contributed by atoms with Gasteiger partial charge in [-0.1, -0.05) is 59.6 Å². The SMILES string of the molecule is O=C(NCc1ccccc1)c1cccc(NC(=O)c2cc(Cl)cc(Cl)c2)c1. The van der Waals surface area contributed by atoms with Crippen LogP contribution >= 0.6 is 23.2 Å². The number of halogens is 2. The van der Waals surface area contributed by atoms with Crippen LogP contribution in [0.2, 0.25) is 10.0 Å². The fraction of sp³-hybridized carbons (Fsp3) is 0.0476. The fourth-order valence-corrected chi connectivity index (χ4v) is 3.03. The lowest BCUT2D eigenvalue weighted by Gasteiger charge is -2.09. The number of nitrogens with one attached hydrogen (secondary N) is 2. The van der Waals surface area contributed by atoms with Crippen molar-refractivity contribution < 1.29 is 9.59 Å². The first-order chi connectivity index (χ1) is 13.0. The van der Waals surface area contributed by atoms with E-state index in [1.54, 1.807) is 30.3 Å². The lowest BCUT2D eigenvalue weighted by Crippen LogP contribution is -2.23. The summed E-state index contributed by atoms with van der Waals surface area (Å²) in [5.74, 6) is -0.581. The molecule has 0 bridgehead atoms. The minimum absolute atomic E-state index is 0.222. The Morgan fingerprint density at radius 2 is 1.44 bits per heavy atom. The minimum Gasteiger partial charge on any atom is -0.348 e. The van der Waals surface area contributed by atoms with Crippen molar-refractivity contribution in [3.05, 3.63) is 99.5 Å². The molecule has 0 spiro atoms. The number of benzene rings is 3. The second-order valence-electron chi connectivity index (χ2n) is 5.86. The van der Waals surface area contributed by atoms with Crippen LogP contribution in [0.25, 0.3) is 0 Å². The average Bonchev–Trinajstić information content (AvgIpc) is 2.66. The maximum absolute atomic E-state index is 12.4. The van der Waals surface area contributed by atoms with Gasteiger partial charge in [-0.25, -0.2) is 0 Å². The second-order valence-corrected chi connectivity index (χ2v) is 6.73. The molecular formula is C21H16Cl2N2O2. The molecule has 0 fully saturated rings. The largest absolute Gasteiger partial charge is 0.348 e. The van der Waals surface area contributed by atoms with Crippen LogP contribution in [0.1, 0.15) is 26.3 Å². The number of carbonyl (C=O) groups excluding carboxylic acids is 2. The Hall–Kier alpha value is -2.82. The molecule has 0 saturated heterocycles. The van der Waals surface area contributed by atoms with E-state index >= 15 is 0 Å². The molecule has 0 aliphatic heterocycles. The highest BCUT2D eigenvalue weighted by Crippen LogP contribution is 2.20. The standard InChI is InChI=1S/C21H16Cl2N2O2/c22-17-9-16(10-18(23)12-17)21(27)25-19-8-4-7-15(11-19)20(26)24-13-14-5-2-1-3-6-14/h1-12H,13H2,(H,24,26)(H,25,27). The van der Waals surface area contributed by atoms with E-state index < -0.39 is 0 Å². The van der Waals surface area contributed by atoms with Crippen LogP contribution in [0.15, 0.2) is 72.8 Å². The van der Waals surface area contributed by atoms with Crippen LogP contribution in [0.3, 0.4) is 0 Å². The molecule has 0 heterocycles. The molecular weight excluding hydrogens is 383 g/mol. The Balaban J connectivity index is 1.67. The highest BCUT2D eigenvalue weighted by molar-refractivity contribution is 6.35. The Bertz CT molecular complexity index is 955. The number of amides is 2. The summed E-state index contributed by atoms with van der Waals surface area (Å²) in [6, 6.07) is 21.0. The number of hydrogen-bond donors (Lipinski definition) is 2. The highest BCUT2D eigenvalue weighted by atomic mass is 35.5. The van der Waals surface area contributed by atoms with E-state index in [1.165, 1.54) is 12.1 Å². The summed E-state index contributed by atoms with van der Waals surface area (Å²) in [6.07, 6.45) is 0. The molecule has 136 valence electrons. The first kappa shape index (κ1) is 19.0. The Morgan fingerprint density at radius 1 is 0.741 bits per heavy atom. The van der Waals surface area contributed by atoms with Crippen LogP contribution in [0, 0.1) is 0 Å². The number of rotatable bonds is 5. The van der Waals surface area contributed by atoms with Gasteiger partial charge in [0, 0.05) is 33.4 Å². The van der Waals surface area contributed by atoms with Crippen LogP contribution in [0.4, 0.5) is 5.69 Å². The maximum Gasteiger partial charge on any atom is 0.255 e. The fourth-order valence-electron chi connectivity index (χ4n) is 2.51. The molecule has 2 N–H and O–H groups in total. The molecule has 2 amide bonds. The van der Waals surface area contributed by atoms with Gasteiger partial charge in [0.15, 0.2) is 0 Å². The van der Waals surface area contributed by atoms with Gasteiger partial charge in [0.1, 0.15) is 0 Å². The smallest absolute Gasteiger partial charge is 0.255 e. The summed E-state index contributed by atoms with van der Waals surface area (Å²) in [6.45, 7) is 0.428. The van der Waals surface area contributed by atoms with E-state index in [1.807, 2.05) is 30.3 Å². The molecule has 3 aromatic carbocycles. The predicted molar refractivity (Wildman–Crippen MR) is 108 cm³/mol. The summed E-state index contributed by atoms with van der Waals surface area (Å²) in [5, 5.41) is 6.35. The molecule has 0 aliphatic carbocycles. The van der Waals surface area contributed by atoms with Crippen molar-refractivity contribution in [3.63, 3.8) is 0 Å². The molecule has 4 nitrogen and oxygen atoms in total. The summed E-state index contributed by atoms with van der Waals surface area (Å²) in [5.41, 5.74) is 2.30. The van der Waals surface area contributed by atoms with Crippen LogP contribution < -0.4 is 10.6 Å². The Morgan fingerprint density at radius 3 is 2.15 bits per heavy atom. The van der Waals surface area contributed by atoms with Crippen molar-refractivity contribution in [2.45, 2.75) is 6.54 Å². The van der Waals surface area contributed by atoms with E-state index in [2.05, 4.69) is 10.6 Å². The van der Waals surface area contributed by atoms with Gasteiger partial charge in [-0.15, -0.1) is 0 Å². The highest BCUT2D eigenvalue weighted by Gasteiger charge is 2.11. The second kappa shape index (κ2) is 8.71. The number of anilines is 1. The zero-order chi connectivity index (χ0) is 19.2. The molecule has 0 atom stereocenters. The van der Waals surface area contributed by atoms with Gasteiger partial charge in [0.05, 0.1) is 0 Å². The topological polar surface area (TPSA) is 58.2 Å². The molecule has 0 unspecified atom stereocenters. The lowest BCUT2D eigenvalue weighted by atomic mass is 10.1. The third-order valence-electron chi connectivity index (χ3n) is 3.80. The molecule has 0 aliphatic rings. The lowest BCUT2D eigenvalue weighted by molar-refractivity contribution is 0.0949. The van der Waals surface area contributed by atoms with Crippen molar-refractivity contribution >= 4 is 40.7 Å². The van der Waals surface area contributed by atoms with Crippen LogP contribution in [0.5, 0.6) is 0 Å². The summed E-state index contributed by atoms with van der Waals surface area (Å²) in [4.78, 5) is 24.7. The zero-order valence-corrected chi connectivity index (χ0v) is 15.7. The first-order valence-electron chi connectivity index (χ1n) is 8.21. The summed E-state index contributed by atoms with van der Waals surface area (Å²) < 4.78 is 0. The Kier molecular flexibility index (Phi) is 6.12. The third kappa shape index (κ3) is 5.33. The quantitative estimate of drug-likeness (QED) is 0.622. The van der Waals surface area contributed by atoms with Crippen molar-refractivity contribution in [1.29, 1.82) is 0 Å². The van der Waals surface area contributed by atoms with Gasteiger partial charge in [-0.2, -0.15) is 0 Å². The Labute approximate surface area is 167 Å². The third-order valence-corrected chi connectivity index (χ3v) is 4.24. The van der Waals surface area contributed by atoms with Gasteiger partial charge in [-0.05, 0) is 42.0 Å². The summed E-state index contributed by atoms with van der Waals surface area (Å²) >= 11 is 11.9. The molecule has 0 radical (unpaired) electrons.